The third kappa shape index (κ3) is 2.55. The summed E-state index contributed by atoms with van der Waals surface area (Å²) < 4.78 is 0. The molecule has 0 N–H and O–H groups in total. The molecule has 0 radical (unpaired) electrons. The van der Waals surface area contributed by atoms with Crippen LogP contribution in [0, 0.1) is 0 Å². The van der Waals surface area contributed by atoms with Gasteiger partial charge in [0.05, 0.1) is 0 Å². The molecule has 0 atom stereocenters. The van der Waals surface area contributed by atoms with Crippen LogP contribution in [0.5, 0.6) is 0 Å². The molecule has 0 bridgehead atoms. The third-order valence-corrected chi connectivity index (χ3v) is 2.23. The van der Waals surface area contributed by atoms with Gasteiger partial charge < -0.3 is 0 Å². The van der Waals surface area contributed by atoms with E-state index < -0.39 is 0 Å². The first-order chi connectivity index (χ1) is 4.79. The molecule has 0 aliphatic rings. The van der Waals surface area contributed by atoms with E-state index in [-0.39, 0.29) is 0 Å². The summed E-state index contributed by atoms with van der Waals surface area (Å²) in [4.78, 5) is 0. The number of rotatable bonds is 2. The zero-order valence-electron chi connectivity index (χ0n) is 6.40. The van der Waals surface area contributed by atoms with Crippen molar-refractivity contribution in [3.8, 4) is 0 Å². The fourth-order valence-corrected chi connectivity index (χ4v) is 1.79. The van der Waals surface area contributed by atoms with Crippen molar-refractivity contribution in [2.24, 2.45) is 0 Å². The first-order valence-corrected chi connectivity index (χ1v) is 5.63. The molecule has 1 rings (SSSR count). The van der Waals surface area contributed by atoms with Gasteiger partial charge in [0.1, 0.15) is 0 Å². The zero-order chi connectivity index (χ0) is 7.40. The molecule has 0 spiro atoms. The fourth-order valence-electron chi connectivity index (χ4n) is 0.795. The molecule has 0 aliphatic carbocycles. The van der Waals surface area contributed by atoms with Gasteiger partial charge in [0.25, 0.3) is 0 Å². The van der Waals surface area contributed by atoms with E-state index in [0.29, 0.717) is 13.9 Å². The van der Waals surface area contributed by atoms with Gasteiger partial charge in [0.15, 0.2) is 0 Å². The Morgan fingerprint density at radius 2 is 1.70 bits per heavy atom. The van der Waals surface area contributed by atoms with Crippen molar-refractivity contribution in [2.45, 2.75) is 17.0 Å². The Morgan fingerprint density at radius 3 is 2.20 bits per heavy atom. The first kappa shape index (κ1) is 7.84. The number of hydrogen-bond acceptors (Lipinski definition) is 0. The normalized spacial score (nSPS) is 11.2. The molecule has 0 amide bonds. The second-order valence-corrected chi connectivity index (χ2v) is 4.93. The minimum atomic E-state index is 0.592. The van der Waals surface area contributed by atoms with Crippen LogP contribution in [0.3, 0.4) is 0 Å². The molecule has 0 aromatic heterocycles. The Morgan fingerprint density at radius 1 is 1.10 bits per heavy atom. The van der Waals surface area contributed by atoms with E-state index in [2.05, 4.69) is 42.0 Å². The van der Waals surface area contributed by atoms with E-state index >= 15 is 0 Å². The van der Waals surface area contributed by atoms with Crippen molar-refractivity contribution in [3.63, 3.8) is 0 Å². The quantitative estimate of drug-likeness (QED) is 0.621. The van der Waals surface area contributed by atoms with Crippen molar-refractivity contribution in [1.82, 2.24) is 0 Å². The average molecular weight is 185 g/mol. The Bertz CT molecular complexity index is 179. The standard InChI is InChI=1S/C7H7.2CH3.Cu/c1-7-5-3-2-4-6-7;;;/h2-6H,1H2;2*1H3;. The molecule has 0 nitrogen and oxygen atoms in total. The minimum absolute atomic E-state index is 0.592. The van der Waals surface area contributed by atoms with Gasteiger partial charge in [0, 0.05) is 0 Å². The van der Waals surface area contributed by atoms with Crippen LogP contribution in [0.1, 0.15) is 5.56 Å². The van der Waals surface area contributed by atoms with Gasteiger partial charge in [-0.3, -0.25) is 0 Å². The summed E-state index contributed by atoms with van der Waals surface area (Å²) in [5, 5.41) is 1.22. The summed E-state index contributed by atoms with van der Waals surface area (Å²) in [5.41, 5.74) is 1.45. The molecule has 0 aliphatic heterocycles. The Hall–Kier alpha value is -0.261. The zero-order valence-corrected chi connectivity index (χ0v) is 7.34. The molecular formula is C9H13Cu. The van der Waals surface area contributed by atoms with Crippen molar-refractivity contribution in [3.05, 3.63) is 35.9 Å². The van der Waals surface area contributed by atoms with Crippen LogP contribution < -0.4 is 0 Å². The molecule has 60 valence electrons. The summed E-state index contributed by atoms with van der Waals surface area (Å²) in [5.74, 6) is 4.53. The summed E-state index contributed by atoms with van der Waals surface area (Å²) in [7, 11) is 0. The van der Waals surface area contributed by atoms with Crippen LogP contribution in [-0.4, -0.2) is 0 Å². The summed E-state index contributed by atoms with van der Waals surface area (Å²) in [6.45, 7) is 0. The van der Waals surface area contributed by atoms with Crippen molar-refractivity contribution in [2.75, 3.05) is 0 Å². The molecule has 0 heterocycles. The molecule has 1 aromatic carbocycles. The van der Waals surface area contributed by atoms with Crippen LogP contribution in [-0.2, 0) is 19.2 Å². The van der Waals surface area contributed by atoms with Crippen molar-refractivity contribution >= 4 is 0 Å². The van der Waals surface area contributed by atoms with Gasteiger partial charge in [-0.1, -0.05) is 0 Å². The van der Waals surface area contributed by atoms with Gasteiger partial charge in [-0.2, -0.15) is 0 Å². The average Bonchev–Trinajstić information content (AvgIpc) is 1.88. The predicted octanol–water partition coefficient (Wildman–Crippen LogP) is 2.90. The van der Waals surface area contributed by atoms with Crippen LogP contribution in [0.2, 0.25) is 11.6 Å². The predicted molar refractivity (Wildman–Crippen MR) is 41.9 cm³/mol. The second-order valence-electron chi connectivity index (χ2n) is 2.32. The summed E-state index contributed by atoms with van der Waals surface area (Å²) in [6, 6.07) is 10.6. The second kappa shape index (κ2) is 3.80. The Kier molecular flexibility index (Phi) is 2.98. The van der Waals surface area contributed by atoms with E-state index in [4.69, 9.17) is 0 Å². The monoisotopic (exact) mass is 184 g/mol. The first-order valence-electron chi connectivity index (χ1n) is 3.08. The van der Waals surface area contributed by atoms with Gasteiger partial charge in [-0.05, 0) is 0 Å². The van der Waals surface area contributed by atoms with Crippen LogP contribution in [0.25, 0.3) is 0 Å². The van der Waals surface area contributed by atoms with Gasteiger partial charge in [0.2, 0.25) is 0 Å². The summed E-state index contributed by atoms with van der Waals surface area (Å²) >= 11 is 0.592. The Balaban J connectivity index is 2.59. The van der Waals surface area contributed by atoms with E-state index in [0.717, 1.165) is 0 Å². The molecule has 1 aromatic rings. The van der Waals surface area contributed by atoms with Crippen LogP contribution in [0.15, 0.2) is 30.3 Å². The van der Waals surface area contributed by atoms with E-state index in [9.17, 15) is 0 Å². The SMILES string of the molecule is [CH3][Cu]([CH3])[CH2]c1ccccc1. The van der Waals surface area contributed by atoms with Gasteiger partial charge in [-0.15, -0.1) is 0 Å². The molecule has 10 heavy (non-hydrogen) atoms. The van der Waals surface area contributed by atoms with Crippen molar-refractivity contribution < 1.29 is 13.9 Å². The molecule has 0 saturated heterocycles. The van der Waals surface area contributed by atoms with E-state index in [1.165, 1.54) is 10.9 Å². The number of hydrogen-bond donors (Lipinski definition) is 0. The fraction of sp³-hybridized carbons (Fsp3) is 0.333. The molecule has 1 heteroatoms. The maximum atomic E-state index is 2.26. The van der Waals surface area contributed by atoms with Crippen molar-refractivity contribution in [1.29, 1.82) is 0 Å². The van der Waals surface area contributed by atoms with E-state index in [1.54, 1.807) is 0 Å². The van der Waals surface area contributed by atoms with E-state index in [1.807, 2.05) is 0 Å². The Labute approximate surface area is 67.2 Å². The molecular weight excluding hydrogens is 172 g/mol. The summed E-state index contributed by atoms with van der Waals surface area (Å²) in [6.07, 6.45) is 0. The van der Waals surface area contributed by atoms with Crippen LogP contribution >= 0.6 is 0 Å². The topological polar surface area (TPSA) is 0 Å². The van der Waals surface area contributed by atoms with Crippen LogP contribution in [0.4, 0.5) is 0 Å². The molecule has 0 fully saturated rings. The van der Waals surface area contributed by atoms with Gasteiger partial charge in [-0.25, -0.2) is 0 Å². The molecule has 0 unspecified atom stereocenters. The third-order valence-electron chi connectivity index (χ3n) is 1.18. The molecule has 0 saturated carbocycles. The van der Waals surface area contributed by atoms with Gasteiger partial charge >= 0.3 is 66.8 Å². The maximum absolute atomic E-state index is 2.26. The number of benzene rings is 1.